The number of carbonyl (C=O) groups excluding carboxylic acids is 1. The second-order valence-corrected chi connectivity index (χ2v) is 4.09. The van der Waals surface area contributed by atoms with Crippen LogP contribution in [0.1, 0.15) is 26.3 Å². The summed E-state index contributed by atoms with van der Waals surface area (Å²) in [4.78, 5) is 11.4. The molecular formula is C12H15O2. The van der Waals surface area contributed by atoms with Crippen molar-refractivity contribution in [1.29, 1.82) is 0 Å². The van der Waals surface area contributed by atoms with Crippen molar-refractivity contribution in [2.45, 2.75) is 26.4 Å². The third-order valence-corrected chi connectivity index (χ3v) is 1.49. The maximum atomic E-state index is 11.4. The highest BCUT2D eigenvalue weighted by Crippen LogP contribution is 2.10. The van der Waals surface area contributed by atoms with E-state index in [4.69, 9.17) is 4.74 Å². The van der Waals surface area contributed by atoms with E-state index in [0.29, 0.717) is 0 Å². The lowest BCUT2D eigenvalue weighted by molar-refractivity contribution is -0.149. The molecule has 0 spiro atoms. The number of carbonyl (C=O) groups is 1. The van der Waals surface area contributed by atoms with Crippen molar-refractivity contribution in [2.24, 2.45) is 0 Å². The van der Waals surface area contributed by atoms with Gasteiger partial charge in [-0.3, -0.25) is 4.79 Å². The van der Waals surface area contributed by atoms with Crippen molar-refractivity contribution in [2.75, 3.05) is 0 Å². The number of hydrogen-bond acceptors (Lipinski definition) is 2. The zero-order chi connectivity index (χ0) is 10.6. The van der Waals surface area contributed by atoms with Crippen molar-refractivity contribution in [3.63, 3.8) is 0 Å². The van der Waals surface area contributed by atoms with Gasteiger partial charge in [0.2, 0.25) is 0 Å². The van der Waals surface area contributed by atoms with Crippen molar-refractivity contribution >= 4 is 5.97 Å². The standard InChI is InChI=1S/C12H15O2/c1-12(2,3)14-11(13)9-10-7-5-4-6-8-10/h4-9H,1-3H3. The van der Waals surface area contributed by atoms with Gasteiger partial charge in [0.15, 0.2) is 0 Å². The lowest BCUT2D eigenvalue weighted by Gasteiger charge is -2.19. The Morgan fingerprint density at radius 1 is 1.21 bits per heavy atom. The summed E-state index contributed by atoms with van der Waals surface area (Å²) < 4.78 is 5.15. The monoisotopic (exact) mass is 191 g/mol. The summed E-state index contributed by atoms with van der Waals surface area (Å²) in [5.41, 5.74) is 0.435. The van der Waals surface area contributed by atoms with E-state index in [1.165, 1.54) is 6.42 Å². The van der Waals surface area contributed by atoms with Gasteiger partial charge < -0.3 is 4.74 Å². The highest BCUT2D eigenvalue weighted by atomic mass is 16.6. The predicted octanol–water partition coefficient (Wildman–Crippen LogP) is 2.58. The summed E-state index contributed by atoms with van der Waals surface area (Å²) in [5, 5.41) is 0. The highest BCUT2D eigenvalue weighted by Gasteiger charge is 2.16. The zero-order valence-corrected chi connectivity index (χ0v) is 8.78. The van der Waals surface area contributed by atoms with Crippen LogP contribution < -0.4 is 0 Å². The van der Waals surface area contributed by atoms with E-state index in [-0.39, 0.29) is 5.97 Å². The maximum absolute atomic E-state index is 11.4. The van der Waals surface area contributed by atoms with Crippen LogP contribution in [0.3, 0.4) is 0 Å². The third kappa shape index (κ3) is 4.08. The zero-order valence-electron chi connectivity index (χ0n) is 8.78. The van der Waals surface area contributed by atoms with Crippen LogP contribution in [0.2, 0.25) is 0 Å². The minimum absolute atomic E-state index is 0.302. The van der Waals surface area contributed by atoms with Gasteiger partial charge in [0.1, 0.15) is 5.60 Å². The molecular weight excluding hydrogens is 176 g/mol. The first-order valence-corrected chi connectivity index (χ1v) is 4.60. The van der Waals surface area contributed by atoms with Crippen LogP contribution in [0.15, 0.2) is 30.3 Å². The lowest BCUT2D eigenvalue weighted by atomic mass is 10.1. The molecule has 0 aliphatic carbocycles. The summed E-state index contributed by atoms with van der Waals surface area (Å²) in [6, 6.07) is 9.41. The summed E-state index contributed by atoms with van der Waals surface area (Å²) in [6.07, 6.45) is 1.49. The molecule has 1 rings (SSSR count). The Kier molecular flexibility index (Phi) is 3.28. The normalized spacial score (nSPS) is 11.1. The van der Waals surface area contributed by atoms with E-state index in [1.54, 1.807) is 0 Å². The SMILES string of the molecule is CC(C)(C)OC(=O)[CH]c1ccccc1. The fourth-order valence-corrected chi connectivity index (χ4v) is 1.02. The summed E-state index contributed by atoms with van der Waals surface area (Å²) in [5.74, 6) is -0.302. The summed E-state index contributed by atoms with van der Waals surface area (Å²) >= 11 is 0. The Hall–Kier alpha value is -1.31. The summed E-state index contributed by atoms with van der Waals surface area (Å²) in [7, 11) is 0. The molecule has 0 N–H and O–H groups in total. The van der Waals surface area contributed by atoms with E-state index < -0.39 is 5.60 Å². The largest absolute Gasteiger partial charge is 0.459 e. The molecule has 0 fully saturated rings. The predicted molar refractivity (Wildman–Crippen MR) is 55.7 cm³/mol. The second-order valence-electron chi connectivity index (χ2n) is 4.09. The molecule has 1 aromatic rings. The minimum atomic E-state index is -0.428. The first kappa shape index (κ1) is 10.8. The number of benzene rings is 1. The van der Waals surface area contributed by atoms with Gasteiger partial charge in [0.25, 0.3) is 0 Å². The minimum Gasteiger partial charge on any atom is -0.459 e. The molecule has 2 heteroatoms. The molecule has 0 unspecified atom stereocenters. The molecule has 0 aromatic heterocycles. The van der Waals surface area contributed by atoms with Crippen molar-refractivity contribution < 1.29 is 9.53 Å². The molecule has 14 heavy (non-hydrogen) atoms. The number of rotatable bonds is 2. The first-order valence-electron chi connectivity index (χ1n) is 4.60. The van der Waals surface area contributed by atoms with Gasteiger partial charge in [-0.2, -0.15) is 0 Å². The molecule has 1 radical (unpaired) electrons. The van der Waals surface area contributed by atoms with Crippen LogP contribution >= 0.6 is 0 Å². The van der Waals surface area contributed by atoms with Crippen LogP contribution in [0, 0.1) is 6.42 Å². The van der Waals surface area contributed by atoms with Gasteiger partial charge >= 0.3 is 5.97 Å². The number of ether oxygens (including phenoxy) is 1. The van der Waals surface area contributed by atoms with E-state index >= 15 is 0 Å². The fraction of sp³-hybridized carbons (Fsp3) is 0.333. The van der Waals surface area contributed by atoms with Crippen LogP contribution in [-0.2, 0) is 9.53 Å². The van der Waals surface area contributed by atoms with Crippen LogP contribution in [-0.4, -0.2) is 11.6 Å². The Labute approximate surface area is 84.9 Å². The molecule has 0 amide bonds. The molecule has 1 aromatic carbocycles. The molecule has 0 aliphatic heterocycles. The maximum Gasteiger partial charge on any atom is 0.315 e. The van der Waals surface area contributed by atoms with Crippen molar-refractivity contribution in [3.05, 3.63) is 42.3 Å². The highest BCUT2D eigenvalue weighted by molar-refractivity contribution is 5.83. The van der Waals surface area contributed by atoms with Crippen LogP contribution in [0.25, 0.3) is 0 Å². The summed E-state index contributed by atoms with van der Waals surface area (Å²) in [6.45, 7) is 5.55. The smallest absolute Gasteiger partial charge is 0.315 e. The van der Waals surface area contributed by atoms with Crippen LogP contribution in [0.5, 0.6) is 0 Å². The molecule has 0 bridgehead atoms. The third-order valence-electron chi connectivity index (χ3n) is 1.49. The lowest BCUT2D eigenvalue weighted by Crippen LogP contribution is -2.24. The first-order chi connectivity index (χ1) is 6.47. The van der Waals surface area contributed by atoms with E-state index in [0.717, 1.165) is 5.56 Å². The molecule has 75 valence electrons. The van der Waals surface area contributed by atoms with Crippen molar-refractivity contribution in [1.82, 2.24) is 0 Å². The van der Waals surface area contributed by atoms with E-state index in [9.17, 15) is 4.79 Å². The van der Waals surface area contributed by atoms with E-state index in [2.05, 4.69) is 0 Å². The molecule has 2 nitrogen and oxygen atoms in total. The van der Waals surface area contributed by atoms with Gasteiger partial charge in [0.05, 0.1) is 6.42 Å². The Morgan fingerprint density at radius 2 is 1.79 bits per heavy atom. The van der Waals surface area contributed by atoms with Gasteiger partial charge in [0, 0.05) is 0 Å². The molecule has 0 saturated heterocycles. The number of hydrogen-bond donors (Lipinski definition) is 0. The Morgan fingerprint density at radius 3 is 2.29 bits per heavy atom. The van der Waals surface area contributed by atoms with E-state index in [1.807, 2.05) is 51.1 Å². The second kappa shape index (κ2) is 4.27. The van der Waals surface area contributed by atoms with Gasteiger partial charge in [-0.25, -0.2) is 0 Å². The van der Waals surface area contributed by atoms with Gasteiger partial charge in [-0.05, 0) is 26.3 Å². The quantitative estimate of drug-likeness (QED) is 0.671. The molecule has 0 aliphatic rings. The average molecular weight is 191 g/mol. The van der Waals surface area contributed by atoms with Crippen LogP contribution in [0.4, 0.5) is 0 Å². The Balaban J connectivity index is 2.50. The molecule has 0 atom stereocenters. The number of esters is 1. The topological polar surface area (TPSA) is 26.3 Å². The molecule has 0 heterocycles. The molecule has 0 saturated carbocycles. The van der Waals surface area contributed by atoms with Gasteiger partial charge in [-0.1, -0.05) is 30.3 Å². The van der Waals surface area contributed by atoms with Crippen molar-refractivity contribution in [3.8, 4) is 0 Å². The van der Waals surface area contributed by atoms with Gasteiger partial charge in [-0.15, -0.1) is 0 Å². The average Bonchev–Trinajstić information content (AvgIpc) is 2.02. The Bertz CT molecular complexity index is 296. The fourth-order valence-electron chi connectivity index (χ4n) is 1.02.